The maximum Gasteiger partial charge on any atom is 0.290 e. The summed E-state index contributed by atoms with van der Waals surface area (Å²) in [6.07, 6.45) is 2.76. The molecule has 3 rings (SSSR count). The molecular weight excluding hydrogens is 316 g/mol. The standard InChI is InChI=1S/C15H16N4O3S/c1-10-4-5-12(6-11(10)2)17-23(21,22)13-7-14-15(20)18(3)16-9-19(14)8-13/h4-9,17H,1-3H3. The summed E-state index contributed by atoms with van der Waals surface area (Å²) >= 11 is 0. The van der Waals surface area contributed by atoms with Crippen LogP contribution in [-0.2, 0) is 17.1 Å². The van der Waals surface area contributed by atoms with Crippen LogP contribution < -0.4 is 10.3 Å². The smallest absolute Gasteiger partial charge is 0.290 e. The highest BCUT2D eigenvalue weighted by atomic mass is 32.2. The largest absolute Gasteiger partial charge is 0.300 e. The summed E-state index contributed by atoms with van der Waals surface area (Å²) in [6, 6.07) is 6.66. The van der Waals surface area contributed by atoms with Crippen LogP contribution in [0.15, 0.2) is 46.5 Å². The molecule has 2 heterocycles. The molecule has 0 bridgehead atoms. The van der Waals surface area contributed by atoms with Crippen LogP contribution >= 0.6 is 0 Å². The molecule has 3 aromatic rings. The van der Waals surface area contributed by atoms with Crippen molar-refractivity contribution in [2.75, 3.05) is 4.72 Å². The average molecular weight is 332 g/mol. The van der Waals surface area contributed by atoms with E-state index in [2.05, 4.69) is 9.82 Å². The van der Waals surface area contributed by atoms with Gasteiger partial charge < -0.3 is 0 Å². The Bertz CT molecular complexity index is 1060. The molecule has 1 N–H and O–H groups in total. The predicted molar refractivity (Wildman–Crippen MR) is 87.2 cm³/mol. The lowest BCUT2D eigenvalue weighted by atomic mass is 10.1. The van der Waals surface area contributed by atoms with E-state index in [9.17, 15) is 13.2 Å². The lowest BCUT2D eigenvalue weighted by Crippen LogP contribution is -2.20. The summed E-state index contributed by atoms with van der Waals surface area (Å²) in [4.78, 5) is 12.0. The van der Waals surface area contributed by atoms with Gasteiger partial charge in [0.25, 0.3) is 15.6 Å². The third kappa shape index (κ3) is 2.72. The molecule has 23 heavy (non-hydrogen) atoms. The van der Waals surface area contributed by atoms with E-state index in [-0.39, 0.29) is 16.0 Å². The molecular formula is C15H16N4O3S. The van der Waals surface area contributed by atoms with Gasteiger partial charge in [-0.3, -0.25) is 13.9 Å². The van der Waals surface area contributed by atoms with E-state index in [1.807, 2.05) is 19.9 Å². The summed E-state index contributed by atoms with van der Waals surface area (Å²) in [5.74, 6) is 0. The van der Waals surface area contributed by atoms with E-state index in [1.54, 1.807) is 12.1 Å². The quantitative estimate of drug-likeness (QED) is 0.786. The van der Waals surface area contributed by atoms with Gasteiger partial charge in [-0.2, -0.15) is 5.10 Å². The highest BCUT2D eigenvalue weighted by Gasteiger charge is 2.18. The second-order valence-corrected chi connectivity index (χ2v) is 7.11. The number of sulfonamides is 1. The molecule has 0 aliphatic carbocycles. The van der Waals surface area contributed by atoms with Crippen molar-refractivity contribution in [3.05, 3.63) is 58.3 Å². The summed E-state index contributed by atoms with van der Waals surface area (Å²) in [6.45, 7) is 3.87. The first kappa shape index (κ1) is 15.3. The van der Waals surface area contributed by atoms with Crippen molar-refractivity contribution >= 4 is 21.2 Å². The van der Waals surface area contributed by atoms with Crippen molar-refractivity contribution < 1.29 is 8.42 Å². The minimum Gasteiger partial charge on any atom is -0.300 e. The van der Waals surface area contributed by atoms with Gasteiger partial charge >= 0.3 is 0 Å². The fourth-order valence-corrected chi connectivity index (χ4v) is 3.31. The number of nitrogens with one attached hydrogen (secondary N) is 1. The van der Waals surface area contributed by atoms with Gasteiger partial charge in [0.1, 0.15) is 16.7 Å². The number of rotatable bonds is 3. The lowest BCUT2D eigenvalue weighted by molar-refractivity contribution is 0.601. The molecule has 0 saturated carbocycles. The first-order valence-electron chi connectivity index (χ1n) is 6.92. The molecule has 0 amide bonds. The molecule has 0 aliphatic rings. The molecule has 0 atom stereocenters. The lowest BCUT2D eigenvalue weighted by Gasteiger charge is -2.08. The fourth-order valence-electron chi connectivity index (χ4n) is 2.24. The van der Waals surface area contributed by atoms with Gasteiger partial charge in [-0.25, -0.2) is 13.1 Å². The van der Waals surface area contributed by atoms with Crippen molar-refractivity contribution in [1.82, 2.24) is 14.2 Å². The highest BCUT2D eigenvalue weighted by Crippen LogP contribution is 2.20. The molecule has 0 unspecified atom stereocenters. The van der Waals surface area contributed by atoms with Crippen LogP contribution in [0.3, 0.4) is 0 Å². The van der Waals surface area contributed by atoms with Crippen LogP contribution in [-0.4, -0.2) is 22.6 Å². The number of anilines is 1. The number of aromatic nitrogens is 3. The number of aryl methyl sites for hydroxylation is 3. The number of fused-ring (bicyclic) bond motifs is 1. The minimum atomic E-state index is -3.78. The molecule has 0 aliphatic heterocycles. The van der Waals surface area contributed by atoms with Crippen LogP contribution in [0.2, 0.25) is 0 Å². The summed E-state index contributed by atoms with van der Waals surface area (Å²) in [7, 11) is -2.27. The van der Waals surface area contributed by atoms with E-state index in [0.717, 1.165) is 15.8 Å². The Morgan fingerprint density at radius 2 is 1.87 bits per heavy atom. The first-order chi connectivity index (χ1) is 10.8. The predicted octanol–water partition coefficient (Wildman–Crippen LogP) is 1.45. The first-order valence-corrected chi connectivity index (χ1v) is 8.40. The van der Waals surface area contributed by atoms with Crippen LogP contribution in [0.1, 0.15) is 11.1 Å². The monoisotopic (exact) mass is 332 g/mol. The Balaban J connectivity index is 2.04. The summed E-state index contributed by atoms with van der Waals surface area (Å²) < 4.78 is 30.1. The Morgan fingerprint density at radius 3 is 2.57 bits per heavy atom. The molecule has 8 heteroatoms. The van der Waals surface area contributed by atoms with Gasteiger partial charge in [-0.1, -0.05) is 6.07 Å². The molecule has 120 valence electrons. The third-order valence-electron chi connectivity index (χ3n) is 3.76. The van der Waals surface area contributed by atoms with Crippen LogP contribution in [0, 0.1) is 13.8 Å². The second-order valence-electron chi connectivity index (χ2n) is 5.43. The van der Waals surface area contributed by atoms with Gasteiger partial charge in [0.2, 0.25) is 0 Å². The molecule has 0 radical (unpaired) electrons. The molecule has 0 saturated heterocycles. The second kappa shape index (κ2) is 5.24. The molecule has 2 aromatic heterocycles. The Kier molecular flexibility index (Phi) is 3.48. The van der Waals surface area contributed by atoms with E-state index in [1.165, 1.54) is 30.0 Å². The molecule has 1 aromatic carbocycles. The molecule has 7 nitrogen and oxygen atoms in total. The van der Waals surface area contributed by atoms with Crippen LogP contribution in [0.25, 0.3) is 5.52 Å². The van der Waals surface area contributed by atoms with E-state index < -0.39 is 10.0 Å². The maximum atomic E-state index is 12.5. The van der Waals surface area contributed by atoms with Gasteiger partial charge in [0, 0.05) is 18.9 Å². The van der Waals surface area contributed by atoms with Crippen molar-refractivity contribution in [1.29, 1.82) is 0 Å². The summed E-state index contributed by atoms with van der Waals surface area (Å²) in [5, 5.41) is 3.86. The zero-order chi connectivity index (χ0) is 16.8. The number of benzene rings is 1. The van der Waals surface area contributed by atoms with Crippen molar-refractivity contribution in [3.8, 4) is 0 Å². The maximum absolute atomic E-state index is 12.5. The van der Waals surface area contributed by atoms with Gasteiger partial charge in [0.05, 0.1) is 0 Å². The molecule has 0 fully saturated rings. The third-order valence-corrected chi connectivity index (χ3v) is 5.10. The van der Waals surface area contributed by atoms with Crippen LogP contribution in [0.5, 0.6) is 0 Å². The Morgan fingerprint density at radius 1 is 1.13 bits per heavy atom. The zero-order valence-electron chi connectivity index (χ0n) is 12.9. The fraction of sp³-hybridized carbons (Fsp3) is 0.200. The molecule has 0 spiro atoms. The zero-order valence-corrected chi connectivity index (χ0v) is 13.8. The van der Waals surface area contributed by atoms with Crippen molar-refractivity contribution in [2.24, 2.45) is 7.05 Å². The van der Waals surface area contributed by atoms with Crippen molar-refractivity contribution in [2.45, 2.75) is 18.7 Å². The van der Waals surface area contributed by atoms with E-state index in [4.69, 9.17) is 0 Å². The number of nitrogens with zero attached hydrogens (tertiary/aromatic N) is 3. The Hall–Kier alpha value is -2.61. The summed E-state index contributed by atoms with van der Waals surface area (Å²) in [5.41, 5.74) is 2.44. The van der Waals surface area contributed by atoms with Gasteiger partial charge in [-0.15, -0.1) is 0 Å². The minimum absolute atomic E-state index is 0.0147. The number of hydrogen-bond acceptors (Lipinski definition) is 4. The SMILES string of the molecule is Cc1ccc(NS(=O)(=O)c2cc3c(=O)n(C)ncn3c2)cc1C. The van der Waals surface area contributed by atoms with Gasteiger partial charge in [-0.05, 0) is 43.2 Å². The highest BCUT2D eigenvalue weighted by molar-refractivity contribution is 7.92. The normalized spacial score (nSPS) is 11.8. The Labute approximate surface area is 133 Å². The topological polar surface area (TPSA) is 85.5 Å². The van der Waals surface area contributed by atoms with E-state index >= 15 is 0 Å². The van der Waals surface area contributed by atoms with E-state index in [0.29, 0.717) is 5.69 Å². The average Bonchev–Trinajstić information content (AvgIpc) is 2.92. The van der Waals surface area contributed by atoms with Crippen LogP contribution in [0.4, 0.5) is 5.69 Å². The van der Waals surface area contributed by atoms with Crippen molar-refractivity contribution in [3.63, 3.8) is 0 Å². The van der Waals surface area contributed by atoms with Gasteiger partial charge in [0.15, 0.2) is 0 Å². The number of hydrogen-bond donors (Lipinski definition) is 1.